The highest BCUT2D eigenvalue weighted by atomic mass is 16.6. The minimum absolute atomic E-state index is 0.0276. The lowest BCUT2D eigenvalue weighted by atomic mass is 9.80. The minimum Gasteiger partial charge on any atom is -0.460 e. The maximum atomic E-state index is 11.3. The minimum atomic E-state index is -0.383. The van der Waals surface area contributed by atoms with Gasteiger partial charge in [-0.1, -0.05) is 0 Å². The van der Waals surface area contributed by atoms with Gasteiger partial charge in [-0.15, -0.1) is 0 Å². The Bertz CT molecular complexity index is 183. The predicted molar refractivity (Wildman–Crippen MR) is 46.5 cm³/mol. The van der Waals surface area contributed by atoms with Crippen molar-refractivity contribution in [2.24, 2.45) is 11.7 Å². The summed E-state index contributed by atoms with van der Waals surface area (Å²) in [5.74, 6) is -0.189. The van der Waals surface area contributed by atoms with Crippen molar-refractivity contribution >= 4 is 5.97 Å². The fraction of sp³-hybridized carbons (Fsp3) is 0.889. The molecule has 0 spiro atoms. The molecule has 1 rings (SSSR count). The predicted octanol–water partition coefficient (Wildman–Crippen LogP) is 1.07. The van der Waals surface area contributed by atoms with Crippen LogP contribution in [0.5, 0.6) is 0 Å². The first-order valence-corrected chi connectivity index (χ1v) is 4.38. The van der Waals surface area contributed by atoms with Crippen LogP contribution in [0.1, 0.15) is 33.6 Å². The summed E-state index contributed by atoms with van der Waals surface area (Å²) in [6.45, 7) is 5.61. The van der Waals surface area contributed by atoms with Crippen LogP contribution < -0.4 is 5.73 Å². The van der Waals surface area contributed by atoms with Crippen molar-refractivity contribution in [2.45, 2.75) is 45.3 Å². The van der Waals surface area contributed by atoms with Gasteiger partial charge in [-0.3, -0.25) is 4.79 Å². The monoisotopic (exact) mass is 171 g/mol. The molecule has 0 saturated heterocycles. The molecule has 3 nitrogen and oxygen atoms in total. The molecule has 0 aromatic rings. The van der Waals surface area contributed by atoms with E-state index in [1.54, 1.807) is 0 Å². The molecule has 1 aliphatic rings. The van der Waals surface area contributed by atoms with Gasteiger partial charge in [0.05, 0.1) is 5.92 Å². The van der Waals surface area contributed by atoms with Gasteiger partial charge in [-0.05, 0) is 33.6 Å². The van der Waals surface area contributed by atoms with Crippen molar-refractivity contribution in [2.75, 3.05) is 0 Å². The summed E-state index contributed by atoms with van der Waals surface area (Å²) in [5.41, 5.74) is 5.26. The highest BCUT2D eigenvalue weighted by Gasteiger charge is 2.36. The van der Waals surface area contributed by atoms with E-state index >= 15 is 0 Å². The van der Waals surface area contributed by atoms with Crippen LogP contribution in [-0.4, -0.2) is 17.6 Å². The Kier molecular flexibility index (Phi) is 2.42. The van der Waals surface area contributed by atoms with E-state index in [0.717, 1.165) is 12.8 Å². The van der Waals surface area contributed by atoms with Crippen molar-refractivity contribution in [3.63, 3.8) is 0 Å². The standard InChI is InChI=1S/C9H17NO2/c1-9(2,3)12-8(11)6-4-5-7(6)10/h6-7H,4-5,10H2,1-3H3/t6-,7-/m1/s1. The molecule has 2 atom stereocenters. The van der Waals surface area contributed by atoms with Gasteiger partial charge >= 0.3 is 5.97 Å². The number of rotatable bonds is 1. The van der Waals surface area contributed by atoms with E-state index in [4.69, 9.17) is 10.5 Å². The first kappa shape index (κ1) is 9.52. The Morgan fingerprint density at radius 1 is 1.42 bits per heavy atom. The molecule has 0 aromatic carbocycles. The Hall–Kier alpha value is -0.570. The smallest absolute Gasteiger partial charge is 0.311 e. The average Bonchev–Trinajstić information content (AvgIpc) is 1.79. The molecule has 0 amide bonds. The van der Waals surface area contributed by atoms with Crippen molar-refractivity contribution in [1.29, 1.82) is 0 Å². The summed E-state index contributed by atoms with van der Waals surface area (Å²) < 4.78 is 5.19. The normalized spacial score (nSPS) is 29.3. The molecular formula is C9H17NO2. The van der Waals surface area contributed by atoms with Gasteiger partial charge in [-0.25, -0.2) is 0 Å². The molecule has 0 aromatic heterocycles. The van der Waals surface area contributed by atoms with E-state index in [1.165, 1.54) is 0 Å². The molecule has 1 aliphatic carbocycles. The summed E-state index contributed by atoms with van der Waals surface area (Å²) >= 11 is 0. The lowest BCUT2D eigenvalue weighted by molar-refractivity contribution is -0.163. The number of nitrogens with two attached hydrogens (primary N) is 1. The number of esters is 1. The largest absolute Gasteiger partial charge is 0.460 e. The Morgan fingerprint density at radius 2 is 2.00 bits per heavy atom. The number of carbonyl (C=O) groups excluding carboxylic acids is 1. The number of carbonyl (C=O) groups is 1. The van der Waals surface area contributed by atoms with Crippen molar-refractivity contribution in [1.82, 2.24) is 0 Å². The maximum Gasteiger partial charge on any atom is 0.311 e. The fourth-order valence-corrected chi connectivity index (χ4v) is 1.20. The quantitative estimate of drug-likeness (QED) is 0.600. The molecule has 1 saturated carbocycles. The lowest BCUT2D eigenvalue weighted by Gasteiger charge is -2.33. The first-order chi connectivity index (χ1) is 5.40. The summed E-state index contributed by atoms with van der Waals surface area (Å²) in [6, 6.07) is 0.0276. The molecule has 2 N–H and O–H groups in total. The van der Waals surface area contributed by atoms with Crippen LogP contribution in [0.2, 0.25) is 0 Å². The Morgan fingerprint density at radius 3 is 2.25 bits per heavy atom. The summed E-state index contributed by atoms with van der Waals surface area (Å²) in [6.07, 6.45) is 1.83. The van der Waals surface area contributed by atoms with Gasteiger partial charge in [0.1, 0.15) is 5.60 Å². The zero-order chi connectivity index (χ0) is 9.35. The summed E-state index contributed by atoms with van der Waals surface area (Å²) in [5, 5.41) is 0. The molecule has 0 unspecified atom stereocenters. The third kappa shape index (κ3) is 2.21. The molecule has 70 valence electrons. The van der Waals surface area contributed by atoms with E-state index in [0.29, 0.717) is 0 Å². The van der Waals surface area contributed by atoms with Crippen molar-refractivity contribution in [3.05, 3.63) is 0 Å². The SMILES string of the molecule is CC(C)(C)OC(=O)[C@@H]1CC[C@H]1N. The van der Waals surface area contributed by atoms with Gasteiger partial charge in [0.25, 0.3) is 0 Å². The molecule has 0 bridgehead atoms. The van der Waals surface area contributed by atoms with E-state index in [1.807, 2.05) is 20.8 Å². The first-order valence-electron chi connectivity index (χ1n) is 4.38. The summed E-state index contributed by atoms with van der Waals surface area (Å²) in [7, 11) is 0. The van der Waals surface area contributed by atoms with Gasteiger partial charge in [0.15, 0.2) is 0 Å². The second-order valence-corrected chi connectivity index (χ2v) is 4.38. The molecule has 3 heteroatoms. The van der Waals surface area contributed by atoms with E-state index < -0.39 is 0 Å². The number of ether oxygens (including phenoxy) is 1. The van der Waals surface area contributed by atoms with E-state index in [-0.39, 0.29) is 23.5 Å². The fourth-order valence-electron chi connectivity index (χ4n) is 1.20. The second kappa shape index (κ2) is 3.05. The van der Waals surface area contributed by atoms with Crippen LogP contribution in [0.25, 0.3) is 0 Å². The third-order valence-electron chi connectivity index (χ3n) is 2.04. The zero-order valence-electron chi connectivity index (χ0n) is 7.96. The average molecular weight is 171 g/mol. The molecule has 0 heterocycles. The van der Waals surface area contributed by atoms with Gasteiger partial charge in [0, 0.05) is 6.04 Å². The van der Waals surface area contributed by atoms with Gasteiger partial charge in [0.2, 0.25) is 0 Å². The van der Waals surface area contributed by atoms with Gasteiger partial charge in [-0.2, -0.15) is 0 Å². The maximum absolute atomic E-state index is 11.3. The topological polar surface area (TPSA) is 52.3 Å². The van der Waals surface area contributed by atoms with E-state index in [9.17, 15) is 4.79 Å². The third-order valence-corrected chi connectivity index (χ3v) is 2.04. The van der Waals surface area contributed by atoms with Crippen LogP contribution >= 0.6 is 0 Å². The van der Waals surface area contributed by atoms with Crippen LogP contribution in [0.3, 0.4) is 0 Å². The zero-order valence-corrected chi connectivity index (χ0v) is 7.96. The number of hydrogen-bond acceptors (Lipinski definition) is 3. The molecular weight excluding hydrogens is 154 g/mol. The van der Waals surface area contributed by atoms with Crippen LogP contribution in [0, 0.1) is 5.92 Å². The molecule has 12 heavy (non-hydrogen) atoms. The lowest BCUT2D eigenvalue weighted by Crippen LogP contribution is -2.46. The Labute approximate surface area is 73.3 Å². The second-order valence-electron chi connectivity index (χ2n) is 4.38. The highest BCUT2D eigenvalue weighted by Crippen LogP contribution is 2.28. The van der Waals surface area contributed by atoms with Crippen molar-refractivity contribution < 1.29 is 9.53 Å². The molecule has 0 radical (unpaired) electrons. The number of hydrogen-bond donors (Lipinski definition) is 1. The molecule has 0 aliphatic heterocycles. The Balaban J connectivity index is 2.39. The van der Waals surface area contributed by atoms with Crippen molar-refractivity contribution in [3.8, 4) is 0 Å². The van der Waals surface area contributed by atoms with Crippen LogP contribution in [-0.2, 0) is 9.53 Å². The van der Waals surface area contributed by atoms with E-state index in [2.05, 4.69) is 0 Å². The van der Waals surface area contributed by atoms with Crippen LogP contribution in [0.15, 0.2) is 0 Å². The summed E-state index contributed by atoms with van der Waals surface area (Å²) in [4.78, 5) is 11.3. The molecule has 1 fully saturated rings. The highest BCUT2D eigenvalue weighted by molar-refractivity contribution is 5.74. The van der Waals surface area contributed by atoms with Crippen LogP contribution in [0.4, 0.5) is 0 Å². The van der Waals surface area contributed by atoms with Gasteiger partial charge < -0.3 is 10.5 Å².